The molecule has 2 atom stereocenters. The number of methoxy groups -OCH3 is 1. The maximum Gasteiger partial charge on any atom is 0.160 e. The van der Waals surface area contributed by atoms with Gasteiger partial charge in [0.05, 0.1) is 25.5 Å². The summed E-state index contributed by atoms with van der Waals surface area (Å²) in [6.45, 7) is 1.92. The minimum Gasteiger partial charge on any atom is -0.493 e. The van der Waals surface area contributed by atoms with Crippen molar-refractivity contribution in [2.75, 3.05) is 27.7 Å². The SMILES string of the molecule is COc1cnn(CCN(C)C)c1C1CCCC1Br. The Labute approximate surface area is 117 Å². The predicted octanol–water partition coefficient (Wildman–Crippen LogP) is 2.48. The Hall–Kier alpha value is -0.550. The van der Waals surface area contributed by atoms with Crippen molar-refractivity contribution in [1.82, 2.24) is 14.7 Å². The molecular weight excluding hydrogens is 294 g/mol. The van der Waals surface area contributed by atoms with Crippen LogP contribution in [0.15, 0.2) is 6.20 Å². The van der Waals surface area contributed by atoms with Gasteiger partial charge in [0.15, 0.2) is 5.75 Å². The van der Waals surface area contributed by atoms with Crippen molar-refractivity contribution in [2.24, 2.45) is 0 Å². The summed E-state index contributed by atoms with van der Waals surface area (Å²) in [5.41, 5.74) is 1.26. The Morgan fingerprint density at radius 3 is 2.83 bits per heavy atom. The van der Waals surface area contributed by atoms with Gasteiger partial charge in [-0.05, 0) is 26.9 Å². The van der Waals surface area contributed by atoms with Gasteiger partial charge in [-0.3, -0.25) is 4.68 Å². The van der Waals surface area contributed by atoms with Gasteiger partial charge >= 0.3 is 0 Å². The smallest absolute Gasteiger partial charge is 0.160 e. The van der Waals surface area contributed by atoms with E-state index in [0.717, 1.165) is 18.8 Å². The summed E-state index contributed by atoms with van der Waals surface area (Å²) in [4.78, 5) is 2.74. The largest absolute Gasteiger partial charge is 0.493 e. The van der Waals surface area contributed by atoms with E-state index in [0.29, 0.717) is 10.7 Å². The van der Waals surface area contributed by atoms with E-state index in [2.05, 4.69) is 44.7 Å². The van der Waals surface area contributed by atoms with Crippen LogP contribution in [0.5, 0.6) is 5.75 Å². The molecule has 5 heteroatoms. The molecule has 1 saturated carbocycles. The molecule has 1 aliphatic carbocycles. The minimum absolute atomic E-state index is 0.532. The number of hydrogen-bond donors (Lipinski definition) is 0. The maximum absolute atomic E-state index is 5.48. The number of ether oxygens (including phenoxy) is 1. The highest BCUT2D eigenvalue weighted by Gasteiger charge is 2.31. The van der Waals surface area contributed by atoms with Crippen molar-refractivity contribution in [3.8, 4) is 5.75 Å². The second kappa shape index (κ2) is 6.06. The highest BCUT2D eigenvalue weighted by Crippen LogP contribution is 2.42. The first-order valence-corrected chi connectivity index (χ1v) is 7.43. The number of alkyl halides is 1. The molecule has 0 N–H and O–H groups in total. The number of hydrogen-bond acceptors (Lipinski definition) is 3. The van der Waals surface area contributed by atoms with Gasteiger partial charge in [-0.25, -0.2) is 0 Å². The Bertz CT molecular complexity index is 392. The van der Waals surface area contributed by atoms with E-state index in [1.165, 1.54) is 25.0 Å². The van der Waals surface area contributed by atoms with E-state index in [1.54, 1.807) is 7.11 Å². The molecule has 4 nitrogen and oxygen atoms in total. The molecule has 0 spiro atoms. The van der Waals surface area contributed by atoms with E-state index in [1.807, 2.05) is 6.20 Å². The first kappa shape index (κ1) is 13.9. The first-order valence-electron chi connectivity index (χ1n) is 6.52. The average Bonchev–Trinajstić information content (AvgIpc) is 2.91. The summed E-state index contributed by atoms with van der Waals surface area (Å²) in [6, 6.07) is 0. The molecule has 0 saturated heterocycles. The molecule has 1 aromatic heterocycles. The van der Waals surface area contributed by atoms with E-state index < -0.39 is 0 Å². The fourth-order valence-corrected chi connectivity index (χ4v) is 3.44. The molecule has 18 heavy (non-hydrogen) atoms. The van der Waals surface area contributed by atoms with Gasteiger partial charge in [-0.2, -0.15) is 5.10 Å². The zero-order valence-corrected chi connectivity index (χ0v) is 13.0. The second-order valence-corrected chi connectivity index (χ2v) is 6.35. The van der Waals surface area contributed by atoms with Gasteiger partial charge in [0.25, 0.3) is 0 Å². The molecule has 1 aliphatic rings. The second-order valence-electron chi connectivity index (χ2n) is 5.18. The third-order valence-electron chi connectivity index (χ3n) is 3.61. The molecular formula is C13H22BrN3O. The van der Waals surface area contributed by atoms with Gasteiger partial charge in [-0.15, -0.1) is 0 Å². The van der Waals surface area contributed by atoms with Crippen LogP contribution in [0.2, 0.25) is 0 Å². The van der Waals surface area contributed by atoms with Crippen LogP contribution < -0.4 is 4.74 Å². The maximum atomic E-state index is 5.48. The van der Waals surface area contributed by atoms with Crippen LogP contribution in [0.3, 0.4) is 0 Å². The van der Waals surface area contributed by atoms with E-state index in [9.17, 15) is 0 Å². The summed E-state index contributed by atoms with van der Waals surface area (Å²) in [5, 5.41) is 4.48. The molecule has 2 rings (SSSR count). The minimum atomic E-state index is 0.532. The van der Waals surface area contributed by atoms with E-state index in [-0.39, 0.29) is 0 Å². The number of halogens is 1. The molecule has 1 fully saturated rings. The van der Waals surface area contributed by atoms with Crippen molar-refractivity contribution in [1.29, 1.82) is 0 Å². The van der Waals surface area contributed by atoms with Crippen LogP contribution in [0.1, 0.15) is 30.9 Å². The van der Waals surface area contributed by atoms with Gasteiger partial charge in [-0.1, -0.05) is 22.4 Å². The molecule has 0 bridgehead atoms. The lowest BCUT2D eigenvalue weighted by atomic mass is 10.0. The Morgan fingerprint density at radius 1 is 1.50 bits per heavy atom. The Balaban J connectivity index is 2.21. The van der Waals surface area contributed by atoms with Crippen LogP contribution in [0, 0.1) is 0 Å². The van der Waals surface area contributed by atoms with Crippen LogP contribution in [0.25, 0.3) is 0 Å². The zero-order valence-electron chi connectivity index (χ0n) is 11.4. The molecule has 0 aromatic carbocycles. The fraction of sp³-hybridized carbons (Fsp3) is 0.769. The number of rotatable bonds is 5. The van der Waals surface area contributed by atoms with Crippen LogP contribution in [-0.4, -0.2) is 47.3 Å². The van der Waals surface area contributed by atoms with Gasteiger partial charge < -0.3 is 9.64 Å². The molecule has 0 aliphatic heterocycles. The molecule has 0 radical (unpaired) electrons. The standard InChI is InChI=1S/C13H22BrN3O/c1-16(2)7-8-17-13(12(18-3)9-15-17)10-5-4-6-11(10)14/h9-11H,4-8H2,1-3H3. The highest BCUT2D eigenvalue weighted by molar-refractivity contribution is 9.09. The summed E-state index contributed by atoms with van der Waals surface area (Å²) < 4.78 is 7.59. The van der Waals surface area contributed by atoms with Crippen molar-refractivity contribution in [3.05, 3.63) is 11.9 Å². The van der Waals surface area contributed by atoms with E-state index in [4.69, 9.17) is 4.74 Å². The van der Waals surface area contributed by atoms with Crippen molar-refractivity contribution in [2.45, 2.75) is 36.6 Å². The number of nitrogens with zero attached hydrogens (tertiary/aromatic N) is 3. The topological polar surface area (TPSA) is 30.3 Å². The summed E-state index contributed by atoms with van der Waals surface area (Å²) in [7, 11) is 5.90. The normalized spacial score (nSPS) is 23.8. The lowest BCUT2D eigenvalue weighted by molar-refractivity contribution is 0.361. The van der Waals surface area contributed by atoms with Crippen LogP contribution in [0.4, 0.5) is 0 Å². The Morgan fingerprint density at radius 2 is 2.28 bits per heavy atom. The number of likely N-dealkylation sites (N-methyl/N-ethyl adjacent to an activating group) is 1. The van der Waals surface area contributed by atoms with E-state index >= 15 is 0 Å². The third kappa shape index (κ3) is 2.88. The monoisotopic (exact) mass is 315 g/mol. The summed E-state index contributed by atoms with van der Waals surface area (Å²) in [5.74, 6) is 1.47. The number of aromatic nitrogens is 2. The highest BCUT2D eigenvalue weighted by atomic mass is 79.9. The molecule has 0 amide bonds. The molecule has 2 unspecified atom stereocenters. The lowest BCUT2D eigenvalue weighted by Crippen LogP contribution is -2.22. The molecule has 1 aromatic rings. The lowest BCUT2D eigenvalue weighted by Gasteiger charge is -2.19. The van der Waals surface area contributed by atoms with Gasteiger partial charge in [0.2, 0.25) is 0 Å². The van der Waals surface area contributed by atoms with Crippen molar-refractivity contribution in [3.63, 3.8) is 0 Å². The average molecular weight is 316 g/mol. The zero-order chi connectivity index (χ0) is 13.1. The Kier molecular flexibility index (Phi) is 4.67. The summed E-state index contributed by atoms with van der Waals surface area (Å²) >= 11 is 3.80. The van der Waals surface area contributed by atoms with Gasteiger partial charge in [0.1, 0.15) is 0 Å². The quantitative estimate of drug-likeness (QED) is 0.782. The molecule has 102 valence electrons. The third-order valence-corrected chi connectivity index (χ3v) is 4.70. The fourth-order valence-electron chi connectivity index (χ4n) is 2.60. The summed E-state index contributed by atoms with van der Waals surface area (Å²) in [6.07, 6.45) is 5.60. The van der Waals surface area contributed by atoms with Crippen molar-refractivity contribution < 1.29 is 4.74 Å². The van der Waals surface area contributed by atoms with Crippen molar-refractivity contribution >= 4 is 15.9 Å². The first-order chi connectivity index (χ1) is 8.63. The van der Waals surface area contributed by atoms with Crippen LogP contribution >= 0.6 is 15.9 Å². The molecule has 1 heterocycles. The predicted molar refractivity (Wildman–Crippen MR) is 76.6 cm³/mol. The van der Waals surface area contributed by atoms with Gasteiger partial charge in [0, 0.05) is 17.3 Å². The van der Waals surface area contributed by atoms with Crippen LogP contribution in [-0.2, 0) is 6.54 Å².